The quantitative estimate of drug-likeness (QED) is 0.491. The average Bonchev–Trinajstić information content (AvgIpc) is 3.21. The first-order valence-electron chi connectivity index (χ1n) is 10.4. The minimum absolute atomic E-state index is 0.0256. The van der Waals surface area contributed by atoms with Crippen LogP contribution < -0.4 is 0 Å². The van der Waals surface area contributed by atoms with Crippen LogP contribution in [0.2, 0.25) is 0 Å². The van der Waals surface area contributed by atoms with Gasteiger partial charge in [0.1, 0.15) is 12.1 Å². The SMILES string of the molecule is CCOC1=N[C@@H](C(=O)OC)[C@@H]2N(C(C)=O)C(=NC(C)=O)N(C(C)=O)[C@@]23[C@H](OC(C)=O)CCN13. The first-order chi connectivity index (χ1) is 15.5. The molecule has 3 aliphatic heterocycles. The number of amides is 3. The van der Waals surface area contributed by atoms with Crippen molar-refractivity contribution in [2.45, 2.75) is 64.9 Å². The second kappa shape index (κ2) is 8.79. The van der Waals surface area contributed by atoms with Crippen molar-refractivity contribution in [2.75, 3.05) is 20.3 Å². The van der Waals surface area contributed by atoms with Crippen LogP contribution in [0.3, 0.4) is 0 Å². The lowest BCUT2D eigenvalue weighted by molar-refractivity contribution is -0.167. The zero-order chi connectivity index (χ0) is 24.7. The van der Waals surface area contributed by atoms with Crippen LogP contribution in [0.15, 0.2) is 9.98 Å². The van der Waals surface area contributed by atoms with E-state index in [9.17, 15) is 24.0 Å². The molecule has 3 amide bonds. The molecular weight excluding hydrogens is 438 g/mol. The summed E-state index contributed by atoms with van der Waals surface area (Å²) in [5.41, 5.74) is -1.64. The van der Waals surface area contributed by atoms with Gasteiger partial charge >= 0.3 is 11.9 Å². The Kier molecular flexibility index (Phi) is 6.43. The third kappa shape index (κ3) is 3.60. The lowest BCUT2D eigenvalue weighted by atomic mass is 9.86. The number of carbonyl (C=O) groups excluding carboxylic acids is 5. The number of carbonyl (C=O) groups is 5. The zero-order valence-electron chi connectivity index (χ0n) is 19.4. The van der Waals surface area contributed by atoms with Gasteiger partial charge in [-0.15, -0.1) is 0 Å². The van der Waals surface area contributed by atoms with Crippen molar-refractivity contribution >= 4 is 41.6 Å². The molecule has 2 fully saturated rings. The topological polar surface area (TPSA) is 147 Å². The maximum absolute atomic E-state index is 13.1. The van der Waals surface area contributed by atoms with E-state index in [0.717, 1.165) is 16.9 Å². The Bertz CT molecular complexity index is 962. The molecule has 3 rings (SSSR count). The highest BCUT2D eigenvalue weighted by atomic mass is 16.6. The Hall–Kier alpha value is -3.51. The summed E-state index contributed by atoms with van der Waals surface area (Å²) in [4.78, 5) is 75.0. The minimum Gasteiger partial charge on any atom is -0.467 e. The van der Waals surface area contributed by atoms with Gasteiger partial charge < -0.3 is 14.2 Å². The molecule has 13 heteroatoms. The van der Waals surface area contributed by atoms with Crippen molar-refractivity contribution < 1.29 is 38.2 Å². The number of hydrogen-bond acceptors (Lipinski definition) is 10. The van der Waals surface area contributed by atoms with Gasteiger partial charge in [0.2, 0.25) is 23.7 Å². The first-order valence-corrected chi connectivity index (χ1v) is 10.4. The summed E-state index contributed by atoms with van der Waals surface area (Å²) in [5, 5.41) is 0. The van der Waals surface area contributed by atoms with Crippen LogP contribution in [0.5, 0.6) is 0 Å². The molecule has 2 saturated heterocycles. The van der Waals surface area contributed by atoms with Crippen LogP contribution in [-0.2, 0) is 38.2 Å². The monoisotopic (exact) mass is 465 g/mol. The molecule has 0 unspecified atom stereocenters. The van der Waals surface area contributed by atoms with Crippen LogP contribution in [0.25, 0.3) is 0 Å². The van der Waals surface area contributed by atoms with E-state index in [1.54, 1.807) is 11.8 Å². The number of rotatable bonds is 3. The van der Waals surface area contributed by atoms with Crippen molar-refractivity contribution in [1.82, 2.24) is 14.7 Å². The van der Waals surface area contributed by atoms with Gasteiger partial charge in [-0.1, -0.05) is 0 Å². The summed E-state index contributed by atoms with van der Waals surface area (Å²) in [6.07, 6.45) is -0.762. The number of amidine groups is 1. The molecule has 3 heterocycles. The molecule has 4 atom stereocenters. The Morgan fingerprint density at radius 1 is 1.12 bits per heavy atom. The van der Waals surface area contributed by atoms with E-state index in [2.05, 4.69) is 9.98 Å². The van der Waals surface area contributed by atoms with Gasteiger partial charge in [-0.05, 0) is 6.92 Å². The highest BCUT2D eigenvalue weighted by Crippen LogP contribution is 2.49. The molecule has 0 bridgehead atoms. The summed E-state index contributed by atoms with van der Waals surface area (Å²) >= 11 is 0. The summed E-state index contributed by atoms with van der Waals surface area (Å²) in [7, 11) is 1.16. The maximum atomic E-state index is 13.1. The van der Waals surface area contributed by atoms with E-state index in [-0.39, 0.29) is 31.6 Å². The number of hydrogen-bond donors (Lipinski definition) is 0. The predicted octanol–water partition coefficient (Wildman–Crippen LogP) is -0.750. The number of aliphatic imine (C=N–C) groups is 2. The van der Waals surface area contributed by atoms with Gasteiger partial charge in [-0.3, -0.25) is 33.9 Å². The summed E-state index contributed by atoms with van der Waals surface area (Å²) < 4.78 is 16.3. The molecule has 0 N–H and O–H groups in total. The number of esters is 2. The molecule has 180 valence electrons. The fraction of sp³-hybridized carbons (Fsp3) is 0.650. The maximum Gasteiger partial charge on any atom is 0.333 e. The van der Waals surface area contributed by atoms with Gasteiger partial charge in [0, 0.05) is 40.7 Å². The number of nitrogens with zero attached hydrogens (tertiary/aromatic N) is 5. The fourth-order valence-electron chi connectivity index (χ4n) is 4.89. The second-order valence-corrected chi connectivity index (χ2v) is 7.75. The largest absolute Gasteiger partial charge is 0.467 e. The van der Waals surface area contributed by atoms with Gasteiger partial charge in [-0.2, -0.15) is 4.99 Å². The standard InChI is InChI=1S/C20H27N5O8/c1-7-32-19-22-15(17(30)31-6)16-20(14(33-13(5)29)8-9-23(19)20)25(12(4)28)18(21-10(2)26)24(16)11(3)27/h14-16H,7-9H2,1-6H3/t14-,15-,16+,20+/m1/s1. The smallest absolute Gasteiger partial charge is 0.333 e. The number of methoxy groups -OCH3 is 1. The van der Waals surface area contributed by atoms with E-state index in [0.29, 0.717) is 0 Å². The Morgan fingerprint density at radius 3 is 2.27 bits per heavy atom. The summed E-state index contributed by atoms with van der Waals surface area (Å²) in [6, 6.07) is -2.53. The van der Waals surface area contributed by atoms with E-state index < -0.39 is 53.5 Å². The summed E-state index contributed by atoms with van der Waals surface area (Å²) in [5.74, 6) is -3.57. The lowest BCUT2D eigenvalue weighted by Crippen LogP contribution is -2.74. The van der Waals surface area contributed by atoms with Crippen LogP contribution >= 0.6 is 0 Å². The predicted molar refractivity (Wildman–Crippen MR) is 111 cm³/mol. The molecule has 0 aromatic carbocycles. The van der Waals surface area contributed by atoms with Crippen molar-refractivity contribution in [1.29, 1.82) is 0 Å². The molecule has 0 saturated carbocycles. The van der Waals surface area contributed by atoms with E-state index in [4.69, 9.17) is 14.2 Å². The highest BCUT2D eigenvalue weighted by molar-refractivity contribution is 6.11. The van der Waals surface area contributed by atoms with Crippen molar-refractivity contribution in [3.8, 4) is 0 Å². The highest BCUT2D eigenvalue weighted by Gasteiger charge is 2.74. The van der Waals surface area contributed by atoms with Crippen LogP contribution in [-0.4, -0.2) is 100 Å². The zero-order valence-corrected chi connectivity index (χ0v) is 19.4. The van der Waals surface area contributed by atoms with Gasteiger partial charge in [0.05, 0.1) is 13.7 Å². The van der Waals surface area contributed by atoms with Crippen molar-refractivity contribution in [3.63, 3.8) is 0 Å². The van der Waals surface area contributed by atoms with Crippen LogP contribution in [0.1, 0.15) is 41.0 Å². The molecule has 13 nitrogen and oxygen atoms in total. The molecule has 33 heavy (non-hydrogen) atoms. The van der Waals surface area contributed by atoms with Gasteiger partial charge in [0.25, 0.3) is 6.02 Å². The van der Waals surface area contributed by atoms with Gasteiger partial charge in [-0.25, -0.2) is 9.79 Å². The van der Waals surface area contributed by atoms with Crippen LogP contribution in [0, 0.1) is 0 Å². The molecule has 0 aliphatic carbocycles. The first kappa shape index (κ1) is 24.1. The summed E-state index contributed by atoms with van der Waals surface area (Å²) in [6.45, 7) is 6.95. The Balaban J connectivity index is 2.43. The molecule has 1 spiro atoms. The third-order valence-electron chi connectivity index (χ3n) is 5.72. The molecule has 0 radical (unpaired) electrons. The third-order valence-corrected chi connectivity index (χ3v) is 5.72. The Labute approximate surface area is 190 Å². The minimum atomic E-state index is -1.64. The lowest BCUT2D eigenvalue weighted by Gasteiger charge is -2.50. The van der Waals surface area contributed by atoms with Crippen molar-refractivity contribution in [3.05, 3.63) is 0 Å². The number of guanidine groups is 1. The second-order valence-electron chi connectivity index (χ2n) is 7.75. The Morgan fingerprint density at radius 2 is 1.79 bits per heavy atom. The van der Waals surface area contributed by atoms with E-state index >= 15 is 0 Å². The van der Waals surface area contributed by atoms with E-state index in [1.165, 1.54) is 27.7 Å². The molecule has 3 aliphatic rings. The van der Waals surface area contributed by atoms with Crippen LogP contribution in [0.4, 0.5) is 0 Å². The average molecular weight is 465 g/mol. The van der Waals surface area contributed by atoms with Crippen molar-refractivity contribution in [2.24, 2.45) is 9.98 Å². The van der Waals surface area contributed by atoms with Gasteiger partial charge in [0.15, 0.2) is 11.7 Å². The molecule has 0 aromatic rings. The number of ether oxygens (including phenoxy) is 3. The molecular formula is C20H27N5O8. The normalized spacial score (nSPS) is 29.3. The molecule has 0 aromatic heterocycles. The van der Waals surface area contributed by atoms with E-state index in [1.807, 2.05) is 0 Å². The fourth-order valence-corrected chi connectivity index (χ4v) is 4.89.